The number of likely N-dealkylation sites (N-methyl/N-ethyl adjacent to an activating group) is 1. The topological polar surface area (TPSA) is 52.2 Å². The lowest BCUT2D eigenvalue weighted by Gasteiger charge is -2.45. The lowest BCUT2D eigenvalue weighted by molar-refractivity contribution is 0.0286. The van der Waals surface area contributed by atoms with Crippen molar-refractivity contribution in [3.8, 4) is 34.1 Å². The fraction of sp³-hybridized carbons (Fsp3) is 0.429. The molecular weight excluding hydrogens is 344 g/mol. The largest absolute Gasteiger partial charge is 0.493 e. The Labute approximate surface area is 158 Å². The Kier molecular flexibility index (Phi) is 3.06. The third kappa shape index (κ3) is 1.87. The Morgan fingerprint density at radius 2 is 1.63 bits per heavy atom. The quantitative estimate of drug-likeness (QED) is 0.882. The first-order valence-corrected chi connectivity index (χ1v) is 9.46. The van der Waals surface area contributed by atoms with E-state index in [9.17, 15) is 0 Å². The predicted molar refractivity (Wildman–Crippen MR) is 99.8 cm³/mol. The number of benzene rings is 2. The van der Waals surface area contributed by atoms with Crippen molar-refractivity contribution in [2.24, 2.45) is 0 Å². The van der Waals surface area contributed by atoms with Crippen LogP contribution in [0.25, 0.3) is 11.1 Å². The van der Waals surface area contributed by atoms with Gasteiger partial charge in [0.15, 0.2) is 35.5 Å². The maximum absolute atomic E-state index is 6.57. The van der Waals surface area contributed by atoms with E-state index < -0.39 is 0 Å². The Hall–Kier alpha value is -2.44. The summed E-state index contributed by atoms with van der Waals surface area (Å²) in [5.41, 5.74) is 7.18. The van der Waals surface area contributed by atoms with Crippen LogP contribution in [-0.2, 0) is 12.8 Å². The number of nitrogens with one attached hydrogen (secondary N) is 1. The minimum atomic E-state index is -0.186. The molecule has 0 saturated heterocycles. The van der Waals surface area contributed by atoms with Crippen LogP contribution in [0, 0.1) is 0 Å². The molecule has 6 nitrogen and oxygen atoms in total. The summed E-state index contributed by atoms with van der Waals surface area (Å²) in [5, 5.41) is 3.50. The van der Waals surface area contributed by atoms with Crippen molar-refractivity contribution in [2.45, 2.75) is 25.3 Å². The van der Waals surface area contributed by atoms with Crippen LogP contribution in [0.15, 0.2) is 12.1 Å². The van der Waals surface area contributed by atoms with Gasteiger partial charge in [0, 0.05) is 35.3 Å². The standard InChI is InChI=1S/C21H22N2O4/c1-23-7-5-11-9-12(24-2)18-17-15(11)21(23)27-19-13(25-3)8-10-4-6-22-20(26-18)14(10)16(17)19/h8-9,20-22H,4-7H2,1-3H3/t20-,21+/m0/s1. The van der Waals surface area contributed by atoms with Gasteiger partial charge < -0.3 is 18.9 Å². The zero-order valence-electron chi connectivity index (χ0n) is 15.7. The van der Waals surface area contributed by atoms with E-state index in [1.807, 2.05) is 0 Å². The number of rotatable bonds is 2. The van der Waals surface area contributed by atoms with Crippen molar-refractivity contribution in [3.63, 3.8) is 0 Å². The molecule has 4 aliphatic heterocycles. The molecule has 2 aromatic rings. The Balaban J connectivity index is 1.77. The van der Waals surface area contributed by atoms with Crippen molar-refractivity contribution in [2.75, 3.05) is 34.4 Å². The first-order valence-electron chi connectivity index (χ1n) is 9.46. The summed E-state index contributed by atoms with van der Waals surface area (Å²) in [5.74, 6) is 3.22. The second-order valence-corrected chi connectivity index (χ2v) is 7.61. The highest BCUT2D eigenvalue weighted by atomic mass is 16.5. The average molecular weight is 366 g/mol. The van der Waals surface area contributed by atoms with Crippen LogP contribution in [-0.4, -0.2) is 39.3 Å². The number of ether oxygens (including phenoxy) is 4. The van der Waals surface area contributed by atoms with Gasteiger partial charge in [0.25, 0.3) is 0 Å². The van der Waals surface area contributed by atoms with Crippen molar-refractivity contribution in [3.05, 3.63) is 34.4 Å². The molecule has 0 aliphatic carbocycles. The fourth-order valence-electron chi connectivity index (χ4n) is 5.00. The molecule has 0 spiro atoms. The van der Waals surface area contributed by atoms with Crippen molar-refractivity contribution in [1.29, 1.82) is 0 Å². The van der Waals surface area contributed by atoms with Crippen molar-refractivity contribution in [1.82, 2.24) is 10.2 Å². The number of methoxy groups -OCH3 is 2. The van der Waals surface area contributed by atoms with Gasteiger partial charge in [0.05, 0.1) is 14.2 Å². The Bertz CT molecular complexity index is 987. The molecule has 4 aliphatic rings. The zero-order chi connectivity index (χ0) is 18.3. The van der Waals surface area contributed by atoms with E-state index in [0.717, 1.165) is 60.1 Å². The first kappa shape index (κ1) is 15.6. The maximum atomic E-state index is 6.57. The molecule has 0 fully saturated rings. The summed E-state index contributed by atoms with van der Waals surface area (Å²) < 4.78 is 24.5. The SMILES string of the molecule is COc1cc2c3c4c1O[C@@H]1NCCc5cc(OC)c(c-4c51)O[C@H]3N(C)CC2. The summed E-state index contributed by atoms with van der Waals surface area (Å²) >= 11 is 0. The molecule has 6 rings (SSSR count). The number of nitrogens with zero attached hydrogens (tertiary/aromatic N) is 1. The lowest BCUT2D eigenvalue weighted by Crippen LogP contribution is -2.41. The van der Waals surface area contributed by atoms with Gasteiger partial charge in [0.1, 0.15) is 0 Å². The van der Waals surface area contributed by atoms with Crippen LogP contribution in [0.5, 0.6) is 23.0 Å². The average Bonchev–Trinajstić information content (AvgIpc) is 2.71. The highest BCUT2D eigenvalue weighted by molar-refractivity contribution is 5.90. The second-order valence-electron chi connectivity index (χ2n) is 7.61. The molecule has 1 N–H and O–H groups in total. The molecule has 0 radical (unpaired) electrons. The van der Waals surface area contributed by atoms with Gasteiger partial charge in [-0.3, -0.25) is 10.2 Å². The molecular formula is C21H22N2O4. The van der Waals surface area contributed by atoms with E-state index in [1.54, 1.807) is 14.2 Å². The van der Waals surface area contributed by atoms with E-state index in [2.05, 4.69) is 29.4 Å². The smallest absolute Gasteiger partial charge is 0.180 e. The first-order chi connectivity index (χ1) is 13.2. The highest BCUT2D eigenvalue weighted by Crippen LogP contribution is 2.61. The van der Waals surface area contributed by atoms with Crippen LogP contribution in [0.3, 0.4) is 0 Å². The van der Waals surface area contributed by atoms with Crippen LogP contribution in [0.1, 0.15) is 34.7 Å². The van der Waals surface area contributed by atoms with Gasteiger partial charge >= 0.3 is 0 Å². The fourth-order valence-corrected chi connectivity index (χ4v) is 5.00. The summed E-state index contributed by atoms with van der Waals surface area (Å²) in [6, 6.07) is 4.24. The molecule has 0 amide bonds. The summed E-state index contributed by atoms with van der Waals surface area (Å²) in [7, 11) is 5.53. The van der Waals surface area contributed by atoms with Crippen LogP contribution in [0.2, 0.25) is 0 Å². The third-order valence-electron chi connectivity index (χ3n) is 6.27. The normalized spacial score (nSPS) is 23.8. The zero-order valence-corrected chi connectivity index (χ0v) is 15.7. The summed E-state index contributed by atoms with van der Waals surface area (Å²) in [6.07, 6.45) is 1.60. The highest BCUT2D eigenvalue weighted by Gasteiger charge is 2.45. The second kappa shape index (κ2) is 5.30. The van der Waals surface area contributed by atoms with Crippen molar-refractivity contribution < 1.29 is 18.9 Å². The maximum Gasteiger partial charge on any atom is 0.180 e. The van der Waals surface area contributed by atoms with Gasteiger partial charge in [-0.2, -0.15) is 0 Å². The molecule has 0 unspecified atom stereocenters. The lowest BCUT2D eigenvalue weighted by atomic mass is 9.80. The molecule has 140 valence electrons. The van der Waals surface area contributed by atoms with Gasteiger partial charge in [0.2, 0.25) is 0 Å². The van der Waals surface area contributed by atoms with Gasteiger partial charge in [-0.25, -0.2) is 0 Å². The third-order valence-corrected chi connectivity index (χ3v) is 6.27. The Morgan fingerprint density at radius 1 is 0.963 bits per heavy atom. The van der Waals surface area contributed by atoms with Crippen molar-refractivity contribution >= 4 is 0 Å². The predicted octanol–water partition coefficient (Wildman–Crippen LogP) is 2.79. The number of hydrogen-bond donors (Lipinski definition) is 1. The monoisotopic (exact) mass is 366 g/mol. The van der Waals surface area contributed by atoms with Crippen LogP contribution >= 0.6 is 0 Å². The molecule has 2 aromatic carbocycles. The number of hydrogen-bond acceptors (Lipinski definition) is 6. The molecule has 4 heterocycles. The van der Waals surface area contributed by atoms with Gasteiger partial charge in [-0.15, -0.1) is 0 Å². The van der Waals surface area contributed by atoms with E-state index in [0.29, 0.717) is 0 Å². The molecule has 27 heavy (non-hydrogen) atoms. The van der Waals surface area contributed by atoms with E-state index in [-0.39, 0.29) is 12.5 Å². The minimum Gasteiger partial charge on any atom is -0.493 e. The summed E-state index contributed by atoms with van der Waals surface area (Å²) in [4.78, 5) is 2.25. The van der Waals surface area contributed by atoms with E-state index >= 15 is 0 Å². The molecule has 6 heteroatoms. The Morgan fingerprint density at radius 3 is 2.37 bits per heavy atom. The van der Waals surface area contributed by atoms with Gasteiger partial charge in [-0.1, -0.05) is 0 Å². The van der Waals surface area contributed by atoms with Gasteiger partial charge in [-0.05, 0) is 43.1 Å². The molecule has 0 bridgehead atoms. The molecule has 2 atom stereocenters. The van der Waals surface area contributed by atoms with E-state index in [4.69, 9.17) is 18.9 Å². The van der Waals surface area contributed by atoms with E-state index in [1.165, 1.54) is 22.3 Å². The van der Waals surface area contributed by atoms with Crippen LogP contribution < -0.4 is 24.3 Å². The summed E-state index contributed by atoms with van der Waals surface area (Å²) in [6.45, 7) is 1.81. The minimum absolute atomic E-state index is 0.135. The molecule has 0 aromatic heterocycles. The molecule has 0 saturated carbocycles. The van der Waals surface area contributed by atoms with Crippen LogP contribution in [0.4, 0.5) is 0 Å².